The minimum absolute atomic E-state index is 0.211. The van der Waals surface area contributed by atoms with Crippen molar-refractivity contribution >= 4 is 43.7 Å². The molecule has 1 aliphatic rings. The number of fused-ring (bicyclic) bond motifs is 1. The Morgan fingerprint density at radius 1 is 1.38 bits per heavy atom. The predicted octanol–water partition coefficient (Wildman–Crippen LogP) is 1.82. The van der Waals surface area contributed by atoms with E-state index in [0.29, 0.717) is 10.6 Å². The number of aliphatic hydroxyl groups excluding tert-OH is 1. The van der Waals surface area contributed by atoms with Gasteiger partial charge in [-0.1, -0.05) is 0 Å². The number of nitrogens with zero attached hydrogens (tertiary/aromatic N) is 4. The molecule has 7 nitrogen and oxygen atoms in total. The first-order chi connectivity index (χ1) is 11.5. The number of aryl methyl sites for hydroxylation is 2. The van der Waals surface area contributed by atoms with E-state index in [0.717, 1.165) is 39.7 Å². The summed E-state index contributed by atoms with van der Waals surface area (Å²) in [6.45, 7) is 5.55. The van der Waals surface area contributed by atoms with Crippen LogP contribution in [0, 0.1) is 13.8 Å². The fourth-order valence-corrected chi connectivity index (χ4v) is 4.58. The van der Waals surface area contributed by atoms with Crippen molar-refractivity contribution in [1.82, 2.24) is 20.5 Å². The number of thiazole rings is 1. The van der Waals surface area contributed by atoms with E-state index in [4.69, 9.17) is 5.73 Å². The van der Waals surface area contributed by atoms with Gasteiger partial charge < -0.3 is 15.7 Å². The molecular weight excluding hydrogens is 344 g/mol. The van der Waals surface area contributed by atoms with Crippen molar-refractivity contribution in [3.05, 3.63) is 27.7 Å². The highest BCUT2D eigenvalue weighted by Crippen LogP contribution is 2.38. The van der Waals surface area contributed by atoms with E-state index in [2.05, 4.69) is 25.4 Å². The van der Waals surface area contributed by atoms with Crippen molar-refractivity contribution in [3.8, 4) is 0 Å². The first kappa shape index (κ1) is 15.7. The maximum atomic E-state index is 10.6. The van der Waals surface area contributed by atoms with E-state index in [1.165, 1.54) is 11.3 Å². The molecule has 0 aromatic carbocycles. The van der Waals surface area contributed by atoms with E-state index in [-0.39, 0.29) is 6.04 Å². The third-order valence-corrected chi connectivity index (χ3v) is 6.35. The summed E-state index contributed by atoms with van der Waals surface area (Å²) in [5.41, 5.74) is 8.75. The molecule has 0 aliphatic carbocycles. The lowest BCUT2D eigenvalue weighted by Crippen LogP contribution is -2.58. The number of aromatic nitrogens is 3. The van der Waals surface area contributed by atoms with Crippen LogP contribution in [0.1, 0.15) is 22.4 Å². The van der Waals surface area contributed by atoms with Gasteiger partial charge in [-0.25, -0.2) is 4.98 Å². The summed E-state index contributed by atoms with van der Waals surface area (Å²) >= 11 is 3.02. The molecule has 1 aliphatic heterocycles. The Bertz CT molecular complexity index is 872. The van der Waals surface area contributed by atoms with E-state index in [1.807, 2.05) is 19.2 Å². The molecule has 0 amide bonds. The molecule has 0 spiro atoms. The van der Waals surface area contributed by atoms with Crippen molar-refractivity contribution in [2.24, 2.45) is 0 Å². The Morgan fingerprint density at radius 3 is 2.88 bits per heavy atom. The maximum Gasteiger partial charge on any atom is 0.185 e. The van der Waals surface area contributed by atoms with Gasteiger partial charge in [0.05, 0.1) is 16.3 Å². The third-order valence-electron chi connectivity index (χ3n) is 4.38. The van der Waals surface area contributed by atoms with Gasteiger partial charge in [0, 0.05) is 36.1 Å². The molecule has 126 valence electrons. The average molecular weight is 362 g/mol. The second kappa shape index (κ2) is 5.92. The molecule has 1 atom stereocenters. The molecule has 24 heavy (non-hydrogen) atoms. The Morgan fingerprint density at radius 2 is 2.17 bits per heavy atom. The zero-order valence-electron chi connectivity index (χ0n) is 13.4. The van der Waals surface area contributed by atoms with Crippen LogP contribution in [0.25, 0.3) is 10.2 Å². The monoisotopic (exact) mass is 362 g/mol. The number of nitrogens with one attached hydrogen (secondary N) is 1. The molecular formula is C15H18N6OS2. The van der Waals surface area contributed by atoms with Crippen molar-refractivity contribution in [1.29, 1.82) is 0 Å². The van der Waals surface area contributed by atoms with Crippen LogP contribution in [0.5, 0.6) is 0 Å². The van der Waals surface area contributed by atoms with Crippen LogP contribution in [0.2, 0.25) is 0 Å². The van der Waals surface area contributed by atoms with Crippen LogP contribution in [0.15, 0.2) is 11.6 Å². The van der Waals surface area contributed by atoms with E-state index in [9.17, 15) is 5.11 Å². The fourth-order valence-electron chi connectivity index (χ4n) is 2.87. The topological polar surface area (TPSA) is 100 Å². The SMILES string of the molecule is Cc1nnc2sc(C(O)NC3CN(c4nccs4)C3)c(N)c2c1C. The third kappa shape index (κ3) is 2.53. The normalized spacial score (nSPS) is 16.5. The summed E-state index contributed by atoms with van der Waals surface area (Å²) in [5.74, 6) is 0. The summed E-state index contributed by atoms with van der Waals surface area (Å²) < 4.78 is 0. The Kier molecular flexibility index (Phi) is 3.87. The van der Waals surface area contributed by atoms with Gasteiger partial charge in [-0.05, 0) is 19.4 Å². The largest absolute Gasteiger partial charge is 0.397 e. The second-order valence-corrected chi connectivity index (χ2v) is 7.86. The minimum atomic E-state index is -0.799. The van der Waals surface area contributed by atoms with E-state index < -0.39 is 6.23 Å². The van der Waals surface area contributed by atoms with Gasteiger partial charge in [0.15, 0.2) is 5.13 Å². The van der Waals surface area contributed by atoms with Crippen molar-refractivity contribution in [2.45, 2.75) is 26.1 Å². The quantitative estimate of drug-likeness (QED) is 0.609. The smallest absolute Gasteiger partial charge is 0.185 e. The average Bonchev–Trinajstić information content (AvgIpc) is 3.14. The van der Waals surface area contributed by atoms with E-state index >= 15 is 0 Å². The number of thiophene rings is 1. The Hall–Kier alpha value is -1.81. The first-order valence-electron chi connectivity index (χ1n) is 7.65. The van der Waals surface area contributed by atoms with Crippen molar-refractivity contribution in [3.63, 3.8) is 0 Å². The van der Waals surface area contributed by atoms with E-state index in [1.54, 1.807) is 17.5 Å². The van der Waals surface area contributed by atoms with Gasteiger partial charge in [0.1, 0.15) is 11.1 Å². The molecule has 3 aromatic heterocycles. The van der Waals surface area contributed by atoms with Gasteiger partial charge in [-0.3, -0.25) is 5.32 Å². The minimum Gasteiger partial charge on any atom is -0.397 e. The number of hydrogen-bond acceptors (Lipinski definition) is 9. The molecule has 3 aromatic rings. The second-order valence-electron chi connectivity index (χ2n) is 5.96. The molecule has 0 bridgehead atoms. The van der Waals surface area contributed by atoms with Crippen LogP contribution < -0.4 is 16.0 Å². The van der Waals surface area contributed by atoms with Gasteiger partial charge in [-0.2, -0.15) is 5.10 Å². The zero-order valence-corrected chi connectivity index (χ0v) is 15.0. The summed E-state index contributed by atoms with van der Waals surface area (Å²) in [5, 5.41) is 26.0. The van der Waals surface area contributed by atoms with Crippen LogP contribution in [0.4, 0.5) is 10.8 Å². The lowest BCUT2D eigenvalue weighted by atomic mass is 10.1. The highest BCUT2D eigenvalue weighted by molar-refractivity contribution is 7.19. The van der Waals surface area contributed by atoms with Crippen LogP contribution in [0.3, 0.4) is 0 Å². The molecule has 4 rings (SSSR count). The van der Waals surface area contributed by atoms with Gasteiger partial charge in [0.25, 0.3) is 0 Å². The Labute approximate surface area is 147 Å². The number of aliphatic hydroxyl groups is 1. The number of rotatable bonds is 4. The standard InChI is InChI=1S/C15H18N6OS2/c1-7-8(2)19-20-14-10(7)11(16)12(24-14)13(22)18-9-5-21(6-9)15-17-3-4-23-15/h3-4,9,13,18,22H,5-6,16H2,1-2H3. The predicted molar refractivity (Wildman–Crippen MR) is 97.5 cm³/mol. The van der Waals surface area contributed by atoms with Crippen LogP contribution >= 0.6 is 22.7 Å². The summed E-state index contributed by atoms with van der Waals surface area (Å²) in [7, 11) is 0. The maximum absolute atomic E-state index is 10.6. The molecule has 1 fully saturated rings. The van der Waals surface area contributed by atoms with Crippen LogP contribution in [-0.2, 0) is 0 Å². The summed E-state index contributed by atoms with van der Waals surface area (Å²) in [6, 6.07) is 0.211. The van der Waals surface area contributed by atoms with Gasteiger partial charge >= 0.3 is 0 Å². The van der Waals surface area contributed by atoms with Gasteiger partial charge in [0.2, 0.25) is 0 Å². The molecule has 1 unspecified atom stereocenters. The fraction of sp³-hybridized carbons (Fsp3) is 0.400. The molecule has 0 radical (unpaired) electrons. The number of nitrogen functional groups attached to an aromatic ring is 1. The van der Waals surface area contributed by atoms with Gasteiger partial charge in [-0.15, -0.1) is 27.8 Å². The summed E-state index contributed by atoms with van der Waals surface area (Å²) in [4.78, 5) is 7.95. The van der Waals surface area contributed by atoms with Crippen molar-refractivity contribution in [2.75, 3.05) is 23.7 Å². The van der Waals surface area contributed by atoms with Crippen LogP contribution in [-0.4, -0.2) is 39.4 Å². The highest BCUT2D eigenvalue weighted by atomic mass is 32.1. The molecule has 0 saturated carbocycles. The molecule has 1 saturated heterocycles. The zero-order chi connectivity index (χ0) is 16.8. The summed E-state index contributed by atoms with van der Waals surface area (Å²) in [6.07, 6.45) is 1.01. The number of anilines is 2. The highest BCUT2D eigenvalue weighted by Gasteiger charge is 2.31. The van der Waals surface area contributed by atoms with Crippen molar-refractivity contribution < 1.29 is 5.11 Å². The Balaban J connectivity index is 1.49. The molecule has 4 heterocycles. The number of hydrogen-bond donors (Lipinski definition) is 3. The number of nitrogens with two attached hydrogens (primary N) is 1. The molecule has 4 N–H and O–H groups in total. The lowest BCUT2D eigenvalue weighted by molar-refractivity contribution is 0.120. The lowest BCUT2D eigenvalue weighted by Gasteiger charge is -2.40. The first-order valence-corrected chi connectivity index (χ1v) is 9.34. The molecule has 9 heteroatoms.